The van der Waals surface area contributed by atoms with E-state index in [2.05, 4.69) is 49.8 Å². The number of likely N-dealkylation sites (N-methyl/N-ethyl adjacent to an activating group) is 1. The average molecular weight is 472 g/mol. The van der Waals surface area contributed by atoms with Gasteiger partial charge in [-0.3, -0.25) is 9.48 Å². The highest BCUT2D eigenvalue weighted by Gasteiger charge is 2.14. The van der Waals surface area contributed by atoms with Crippen LogP contribution >= 0.6 is 15.9 Å². The van der Waals surface area contributed by atoms with Gasteiger partial charge in [0.2, 0.25) is 15.9 Å². The lowest BCUT2D eigenvalue weighted by Gasteiger charge is -2.17. The molecule has 0 aliphatic carbocycles. The number of benzene rings is 1. The standard InChI is InChI=1S/C18H26BrN5O3S/c1-3-23(4-2)10-11-24-14-16(13-20-24)22-18(25)8-9-21-28(26,27)17-7-5-6-15(19)12-17/h5-7,12-14,21H,3-4,8-11H2,1-2H3,(H,22,25). The molecule has 0 radical (unpaired) electrons. The van der Waals surface area contributed by atoms with Gasteiger partial charge in [-0.2, -0.15) is 5.10 Å². The molecule has 10 heteroatoms. The Balaban J connectivity index is 1.78. The molecular weight excluding hydrogens is 446 g/mol. The van der Waals surface area contributed by atoms with E-state index in [0.717, 1.165) is 26.2 Å². The summed E-state index contributed by atoms with van der Waals surface area (Å²) in [7, 11) is -3.65. The van der Waals surface area contributed by atoms with Crippen molar-refractivity contribution in [3.8, 4) is 0 Å². The van der Waals surface area contributed by atoms with E-state index in [9.17, 15) is 13.2 Å². The molecule has 0 saturated heterocycles. The van der Waals surface area contributed by atoms with E-state index >= 15 is 0 Å². The molecule has 0 aliphatic rings. The predicted octanol–water partition coefficient (Wildman–Crippen LogP) is 2.29. The zero-order valence-electron chi connectivity index (χ0n) is 16.1. The minimum absolute atomic E-state index is 0.0107. The summed E-state index contributed by atoms with van der Waals surface area (Å²) in [5, 5.41) is 6.97. The molecule has 2 N–H and O–H groups in total. The van der Waals surface area contributed by atoms with Gasteiger partial charge in [0.1, 0.15) is 0 Å². The zero-order valence-corrected chi connectivity index (χ0v) is 18.5. The fourth-order valence-corrected chi connectivity index (χ4v) is 4.20. The van der Waals surface area contributed by atoms with Gasteiger partial charge in [0.05, 0.1) is 23.3 Å². The number of hydrogen-bond donors (Lipinski definition) is 2. The first-order chi connectivity index (χ1) is 13.3. The van der Waals surface area contributed by atoms with Crippen LogP contribution < -0.4 is 10.0 Å². The first-order valence-electron chi connectivity index (χ1n) is 9.14. The van der Waals surface area contributed by atoms with E-state index < -0.39 is 10.0 Å². The Kier molecular flexibility index (Phi) is 8.61. The number of aromatic nitrogens is 2. The summed E-state index contributed by atoms with van der Waals surface area (Å²) >= 11 is 3.25. The van der Waals surface area contributed by atoms with Crippen LogP contribution in [0.3, 0.4) is 0 Å². The minimum Gasteiger partial charge on any atom is -0.323 e. The van der Waals surface area contributed by atoms with Gasteiger partial charge in [0, 0.05) is 30.2 Å². The van der Waals surface area contributed by atoms with Crippen molar-refractivity contribution < 1.29 is 13.2 Å². The van der Waals surface area contributed by atoms with E-state index in [1.165, 1.54) is 12.1 Å². The Morgan fingerprint density at radius 3 is 2.71 bits per heavy atom. The van der Waals surface area contributed by atoms with Crippen LogP contribution in [0.5, 0.6) is 0 Å². The van der Waals surface area contributed by atoms with E-state index in [-0.39, 0.29) is 23.8 Å². The van der Waals surface area contributed by atoms with Crippen molar-refractivity contribution in [2.45, 2.75) is 31.7 Å². The molecule has 1 aromatic heterocycles. The van der Waals surface area contributed by atoms with E-state index in [1.807, 2.05) is 0 Å². The monoisotopic (exact) mass is 471 g/mol. The summed E-state index contributed by atoms with van der Waals surface area (Å²) in [6, 6.07) is 6.40. The van der Waals surface area contributed by atoms with Gasteiger partial charge >= 0.3 is 0 Å². The Hall–Kier alpha value is -1.75. The van der Waals surface area contributed by atoms with Gasteiger partial charge in [-0.1, -0.05) is 35.8 Å². The van der Waals surface area contributed by atoms with Crippen molar-refractivity contribution in [2.24, 2.45) is 0 Å². The Morgan fingerprint density at radius 1 is 1.29 bits per heavy atom. The number of carbonyl (C=O) groups excluding carboxylic acids is 1. The molecule has 0 aliphatic heterocycles. The molecule has 1 heterocycles. The Labute approximate surface area is 174 Å². The first kappa shape index (κ1) is 22.5. The summed E-state index contributed by atoms with van der Waals surface area (Å²) < 4.78 is 29.3. The number of nitrogens with one attached hydrogen (secondary N) is 2. The SMILES string of the molecule is CCN(CC)CCn1cc(NC(=O)CCNS(=O)(=O)c2cccc(Br)c2)cn1. The second-order valence-electron chi connectivity index (χ2n) is 6.17. The lowest BCUT2D eigenvalue weighted by Crippen LogP contribution is -2.28. The lowest BCUT2D eigenvalue weighted by atomic mass is 10.4. The minimum atomic E-state index is -3.65. The summed E-state index contributed by atoms with van der Waals surface area (Å²) in [6.07, 6.45) is 3.39. The average Bonchev–Trinajstić information content (AvgIpc) is 3.09. The van der Waals surface area contributed by atoms with Gasteiger partial charge in [-0.15, -0.1) is 0 Å². The largest absolute Gasteiger partial charge is 0.323 e. The van der Waals surface area contributed by atoms with Crippen LogP contribution in [0.15, 0.2) is 46.0 Å². The van der Waals surface area contributed by atoms with Gasteiger partial charge in [-0.25, -0.2) is 13.1 Å². The fraction of sp³-hybridized carbons (Fsp3) is 0.444. The van der Waals surface area contributed by atoms with Crippen molar-refractivity contribution >= 4 is 37.5 Å². The molecule has 0 saturated carbocycles. The van der Waals surface area contributed by atoms with Crippen LogP contribution in [0, 0.1) is 0 Å². The van der Waals surface area contributed by atoms with Crippen LogP contribution in [0.4, 0.5) is 5.69 Å². The van der Waals surface area contributed by atoms with Gasteiger partial charge < -0.3 is 10.2 Å². The normalized spacial score (nSPS) is 11.7. The molecule has 2 aromatic rings. The van der Waals surface area contributed by atoms with E-state index in [1.54, 1.807) is 29.2 Å². The Bertz CT molecular complexity index is 881. The van der Waals surface area contributed by atoms with Crippen molar-refractivity contribution in [2.75, 3.05) is 31.5 Å². The van der Waals surface area contributed by atoms with Crippen LogP contribution in [0.2, 0.25) is 0 Å². The molecule has 2 rings (SSSR count). The van der Waals surface area contributed by atoms with Crippen LogP contribution in [0.25, 0.3) is 0 Å². The topological polar surface area (TPSA) is 96.3 Å². The number of halogens is 1. The molecule has 1 amide bonds. The third-order valence-corrected chi connectivity index (χ3v) is 6.16. The van der Waals surface area contributed by atoms with E-state index in [0.29, 0.717) is 10.2 Å². The molecule has 0 unspecified atom stereocenters. The van der Waals surface area contributed by atoms with Gasteiger partial charge in [0.15, 0.2) is 0 Å². The summed E-state index contributed by atoms with van der Waals surface area (Å²) in [6.45, 7) is 7.83. The number of amides is 1. The summed E-state index contributed by atoms with van der Waals surface area (Å²) in [5.41, 5.74) is 0.597. The Morgan fingerprint density at radius 2 is 2.04 bits per heavy atom. The number of sulfonamides is 1. The van der Waals surface area contributed by atoms with Crippen LogP contribution in [-0.2, 0) is 21.4 Å². The number of anilines is 1. The fourth-order valence-electron chi connectivity index (χ4n) is 2.57. The molecule has 0 atom stereocenters. The van der Waals surface area contributed by atoms with Crippen LogP contribution in [0.1, 0.15) is 20.3 Å². The quantitative estimate of drug-likeness (QED) is 0.523. The molecule has 154 valence electrons. The first-order valence-corrected chi connectivity index (χ1v) is 11.4. The van der Waals surface area contributed by atoms with Gasteiger partial charge in [0.25, 0.3) is 0 Å². The number of hydrogen-bond acceptors (Lipinski definition) is 5. The highest BCUT2D eigenvalue weighted by atomic mass is 79.9. The number of rotatable bonds is 11. The maximum Gasteiger partial charge on any atom is 0.240 e. The third-order valence-electron chi connectivity index (χ3n) is 4.21. The highest BCUT2D eigenvalue weighted by Crippen LogP contribution is 2.15. The van der Waals surface area contributed by atoms with Gasteiger partial charge in [-0.05, 0) is 31.3 Å². The lowest BCUT2D eigenvalue weighted by molar-refractivity contribution is -0.116. The molecule has 0 fully saturated rings. The molecule has 8 nitrogen and oxygen atoms in total. The van der Waals surface area contributed by atoms with Crippen molar-refractivity contribution in [3.05, 3.63) is 41.1 Å². The van der Waals surface area contributed by atoms with Crippen molar-refractivity contribution in [1.29, 1.82) is 0 Å². The molecule has 28 heavy (non-hydrogen) atoms. The smallest absolute Gasteiger partial charge is 0.240 e. The maximum absolute atomic E-state index is 12.2. The maximum atomic E-state index is 12.2. The molecule has 0 spiro atoms. The molecular formula is C18H26BrN5O3S. The van der Waals surface area contributed by atoms with Crippen molar-refractivity contribution in [1.82, 2.24) is 19.4 Å². The second-order valence-corrected chi connectivity index (χ2v) is 8.85. The highest BCUT2D eigenvalue weighted by molar-refractivity contribution is 9.10. The van der Waals surface area contributed by atoms with E-state index in [4.69, 9.17) is 0 Å². The number of carbonyl (C=O) groups is 1. The summed E-state index contributed by atoms with van der Waals surface area (Å²) in [5.74, 6) is -0.278. The van der Waals surface area contributed by atoms with Crippen LogP contribution in [-0.4, -0.2) is 55.2 Å². The second kappa shape index (κ2) is 10.7. The molecule has 1 aromatic carbocycles. The number of nitrogens with zero attached hydrogens (tertiary/aromatic N) is 3. The molecule has 0 bridgehead atoms. The predicted molar refractivity (Wildman–Crippen MR) is 113 cm³/mol. The van der Waals surface area contributed by atoms with Crippen molar-refractivity contribution in [3.63, 3.8) is 0 Å². The summed E-state index contributed by atoms with van der Waals surface area (Å²) in [4.78, 5) is 14.5. The zero-order chi connectivity index (χ0) is 20.6. The third kappa shape index (κ3) is 7.01.